The molecule has 2 aromatic heterocycles. The van der Waals surface area contributed by atoms with Gasteiger partial charge in [-0.3, -0.25) is 19.6 Å². The molecule has 1 aromatic carbocycles. The summed E-state index contributed by atoms with van der Waals surface area (Å²) in [5.41, 5.74) is 3.06. The molecule has 1 saturated heterocycles. The normalized spacial score (nSPS) is 16.7. The highest BCUT2D eigenvalue weighted by molar-refractivity contribution is 5.95. The average molecular weight is 449 g/mol. The van der Waals surface area contributed by atoms with Gasteiger partial charge in [0.1, 0.15) is 23.2 Å². The number of halogens is 1. The zero-order chi connectivity index (χ0) is 22.9. The maximum absolute atomic E-state index is 13.7. The summed E-state index contributed by atoms with van der Waals surface area (Å²) in [6.45, 7) is 3.44. The van der Waals surface area contributed by atoms with E-state index in [9.17, 15) is 14.0 Å². The fourth-order valence-electron chi connectivity index (χ4n) is 4.65. The lowest BCUT2D eigenvalue weighted by Gasteiger charge is -2.33. The number of hydrogen-bond acceptors (Lipinski definition) is 5. The van der Waals surface area contributed by atoms with Gasteiger partial charge in [0.25, 0.3) is 5.91 Å². The number of piperidine rings is 1. The predicted octanol–water partition coefficient (Wildman–Crippen LogP) is 3.15. The van der Waals surface area contributed by atoms with Crippen molar-refractivity contribution in [1.29, 1.82) is 0 Å². The van der Waals surface area contributed by atoms with Gasteiger partial charge in [-0.25, -0.2) is 14.4 Å². The van der Waals surface area contributed by atoms with Gasteiger partial charge in [0.15, 0.2) is 0 Å². The summed E-state index contributed by atoms with van der Waals surface area (Å²) in [5.74, 6) is 1.05. The number of rotatable bonds is 4. The number of carbonyl (C=O) groups excluding carboxylic acids is 2. The molecule has 9 heteroatoms. The van der Waals surface area contributed by atoms with Crippen molar-refractivity contribution < 1.29 is 14.0 Å². The Kier molecular flexibility index (Phi) is 5.62. The van der Waals surface area contributed by atoms with Crippen LogP contribution in [0.3, 0.4) is 0 Å². The van der Waals surface area contributed by atoms with E-state index in [0.717, 1.165) is 29.7 Å². The molecule has 0 aliphatic carbocycles. The van der Waals surface area contributed by atoms with Crippen LogP contribution in [0.4, 0.5) is 10.2 Å². The minimum Gasteiger partial charge on any atom is -0.337 e. The molecule has 170 valence electrons. The second-order valence-corrected chi connectivity index (χ2v) is 8.62. The molecule has 0 radical (unpaired) electrons. The predicted molar refractivity (Wildman–Crippen MR) is 119 cm³/mol. The van der Waals surface area contributed by atoms with E-state index in [-0.39, 0.29) is 30.1 Å². The number of aromatic amines is 1. The second kappa shape index (κ2) is 8.73. The molecule has 5 rings (SSSR count). The molecule has 1 N–H and O–H groups in total. The number of fused-ring (bicyclic) bond motifs is 1. The van der Waals surface area contributed by atoms with E-state index in [1.165, 1.54) is 12.1 Å². The van der Waals surface area contributed by atoms with Crippen molar-refractivity contribution in [3.05, 3.63) is 70.7 Å². The number of nitrogens with zero attached hydrogens (tertiary/aromatic N) is 5. The van der Waals surface area contributed by atoms with Crippen LogP contribution in [-0.4, -0.2) is 50.0 Å². The zero-order valence-corrected chi connectivity index (χ0v) is 18.4. The van der Waals surface area contributed by atoms with E-state index in [4.69, 9.17) is 9.97 Å². The first-order valence-corrected chi connectivity index (χ1v) is 11.2. The van der Waals surface area contributed by atoms with Gasteiger partial charge in [-0.15, -0.1) is 0 Å². The van der Waals surface area contributed by atoms with Gasteiger partial charge in [-0.05, 0) is 49.9 Å². The summed E-state index contributed by atoms with van der Waals surface area (Å²) >= 11 is 0. The van der Waals surface area contributed by atoms with Crippen LogP contribution in [0.1, 0.15) is 58.3 Å². The first-order chi connectivity index (χ1) is 16.0. The third kappa shape index (κ3) is 4.22. The van der Waals surface area contributed by atoms with E-state index in [2.05, 4.69) is 10.2 Å². The van der Waals surface area contributed by atoms with Crippen molar-refractivity contribution >= 4 is 17.6 Å². The zero-order valence-electron chi connectivity index (χ0n) is 18.4. The molecule has 0 atom stereocenters. The van der Waals surface area contributed by atoms with Crippen LogP contribution in [0.5, 0.6) is 0 Å². The van der Waals surface area contributed by atoms with Crippen molar-refractivity contribution in [2.75, 3.05) is 18.0 Å². The second-order valence-electron chi connectivity index (χ2n) is 8.62. The fourth-order valence-corrected chi connectivity index (χ4v) is 4.65. The van der Waals surface area contributed by atoms with Crippen molar-refractivity contribution in [2.24, 2.45) is 0 Å². The first kappa shape index (κ1) is 21.2. The molecule has 2 aliphatic heterocycles. The third-order valence-corrected chi connectivity index (χ3v) is 6.46. The lowest BCUT2D eigenvalue weighted by atomic mass is 9.94. The lowest BCUT2D eigenvalue weighted by Crippen LogP contribution is -2.39. The summed E-state index contributed by atoms with van der Waals surface area (Å²) < 4.78 is 13.7. The first-order valence-electron chi connectivity index (χ1n) is 11.2. The van der Waals surface area contributed by atoms with Crippen LogP contribution in [0.15, 0.2) is 36.5 Å². The number of benzene rings is 1. The number of hydrogen-bond donors (Lipinski definition) is 1. The van der Waals surface area contributed by atoms with Crippen molar-refractivity contribution in [1.82, 2.24) is 25.1 Å². The Morgan fingerprint density at radius 1 is 1.18 bits per heavy atom. The van der Waals surface area contributed by atoms with E-state index in [1.54, 1.807) is 23.2 Å². The Morgan fingerprint density at radius 3 is 2.73 bits per heavy atom. The molecule has 0 bridgehead atoms. The van der Waals surface area contributed by atoms with Gasteiger partial charge in [-0.2, -0.15) is 5.10 Å². The molecular formula is C24H25FN6O2. The molecule has 33 heavy (non-hydrogen) atoms. The largest absolute Gasteiger partial charge is 0.337 e. The summed E-state index contributed by atoms with van der Waals surface area (Å²) in [6.07, 6.45) is 4.06. The minimum atomic E-state index is -0.326. The summed E-state index contributed by atoms with van der Waals surface area (Å²) in [5, 5.41) is 6.58. The summed E-state index contributed by atoms with van der Waals surface area (Å²) in [6, 6.07) is 7.97. The standard InChI is InChI=1S/C24H25FN6O2/c1-15-19-5-6-21(32)31(14-16-3-2-4-18(25)13-16)23(19)28-22(27-15)17-8-11-30(12-9-17)24(33)20-7-10-26-29-20/h2-4,7,10,13,17H,5-6,8-9,11-12,14H2,1H3,(H,26,29). The SMILES string of the molecule is Cc1nc(C2CCN(C(=O)c3ccn[nH]3)CC2)nc2c1CCC(=O)N2Cc1cccc(F)c1. The highest BCUT2D eigenvalue weighted by Gasteiger charge is 2.31. The van der Waals surface area contributed by atoms with Crippen molar-refractivity contribution in [3.8, 4) is 0 Å². The molecule has 0 unspecified atom stereocenters. The average Bonchev–Trinajstić information content (AvgIpc) is 3.36. The number of likely N-dealkylation sites (tertiary alicyclic amines) is 1. The molecule has 0 saturated carbocycles. The Labute approximate surface area is 190 Å². The van der Waals surface area contributed by atoms with Gasteiger partial charge in [0.2, 0.25) is 5.91 Å². The highest BCUT2D eigenvalue weighted by atomic mass is 19.1. The van der Waals surface area contributed by atoms with Crippen LogP contribution in [0.25, 0.3) is 0 Å². The number of amides is 2. The number of aryl methyl sites for hydroxylation is 1. The van der Waals surface area contributed by atoms with Gasteiger partial charge in [0, 0.05) is 42.9 Å². The van der Waals surface area contributed by atoms with E-state index in [1.807, 2.05) is 17.9 Å². The Balaban J connectivity index is 1.37. The molecule has 2 aliphatic rings. The van der Waals surface area contributed by atoms with Gasteiger partial charge >= 0.3 is 0 Å². The number of carbonyl (C=O) groups is 2. The van der Waals surface area contributed by atoms with Crippen LogP contribution in [0, 0.1) is 12.7 Å². The van der Waals surface area contributed by atoms with Gasteiger partial charge in [0.05, 0.1) is 6.54 Å². The summed E-state index contributed by atoms with van der Waals surface area (Å²) in [7, 11) is 0. The fraction of sp³-hybridized carbons (Fsp3) is 0.375. The van der Waals surface area contributed by atoms with Gasteiger partial charge < -0.3 is 4.90 Å². The van der Waals surface area contributed by atoms with Gasteiger partial charge in [-0.1, -0.05) is 12.1 Å². The molecule has 1 fully saturated rings. The smallest absolute Gasteiger partial charge is 0.271 e. The van der Waals surface area contributed by atoms with Crippen molar-refractivity contribution in [2.45, 2.75) is 45.1 Å². The number of anilines is 1. The molecule has 2 amide bonds. The monoisotopic (exact) mass is 448 g/mol. The van der Waals surface area contributed by atoms with Crippen LogP contribution in [0.2, 0.25) is 0 Å². The van der Waals surface area contributed by atoms with E-state index < -0.39 is 0 Å². The number of nitrogens with one attached hydrogen (secondary N) is 1. The molecular weight excluding hydrogens is 423 g/mol. The lowest BCUT2D eigenvalue weighted by molar-refractivity contribution is -0.119. The third-order valence-electron chi connectivity index (χ3n) is 6.46. The number of aromatic nitrogens is 4. The topological polar surface area (TPSA) is 95.1 Å². The molecule has 8 nitrogen and oxygen atoms in total. The minimum absolute atomic E-state index is 0.0178. The maximum atomic E-state index is 13.7. The van der Waals surface area contributed by atoms with E-state index >= 15 is 0 Å². The Bertz CT molecular complexity index is 1190. The van der Waals surface area contributed by atoms with Crippen molar-refractivity contribution in [3.63, 3.8) is 0 Å². The van der Waals surface area contributed by atoms with Crippen LogP contribution >= 0.6 is 0 Å². The molecule has 0 spiro atoms. The highest BCUT2D eigenvalue weighted by Crippen LogP contribution is 2.33. The van der Waals surface area contributed by atoms with Crippen LogP contribution < -0.4 is 4.90 Å². The molecule has 4 heterocycles. The Hall–Kier alpha value is -3.62. The number of H-pyrrole nitrogens is 1. The summed E-state index contributed by atoms with van der Waals surface area (Å²) in [4.78, 5) is 38.5. The van der Waals surface area contributed by atoms with Crippen LogP contribution in [-0.2, 0) is 17.8 Å². The van der Waals surface area contributed by atoms with E-state index in [0.29, 0.717) is 43.3 Å². The molecule has 3 aromatic rings. The quantitative estimate of drug-likeness (QED) is 0.662. The Morgan fingerprint density at radius 2 is 2.00 bits per heavy atom. The maximum Gasteiger partial charge on any atom is 0.271 e.